The van der Waals surface area contributed by atoms with Crippen molar-refractivity contribution in [3.63, 3.8) is 0 Å². The zero-order chi connectivity index (χ0) is 29.1. The Morgan fingerprint density at radius 3 is 2.25 bits per heavy atom. The molecule has 4 rings (SSSR count). The highest BCUT2D eigenvalue weighted by Gasteiger charge is 2.45. The second-order valence-electron chi connectivity index (χ2n) is 10.8. The molecule has 2 aliphatic heterocycles. The number of halogens is 6. The smallest absolute Gasteiger partial charge is 0.346 e. The molecule has 1 aromatic carbocycles. The summed E-state index contributed by atoms with van der Waals surface area (Å²) < 4.78 is 78.4. The van der Waals surface area contributed by atoms with Crippen LogP contribution in [-0.4, -0.2) is 35.6 Å². The lowest BCUT2D eigenvalue weighted by Crippen LogP contribution is -2.37. The van der Waals surface area contributed by atoms with Crippen LogP contribution in [0.2, 0.25) is 0 Å². The number of alkyl halides is 6. The number of ketones is 2. The average molecular weight is 571 g/mol. The highest BCUT2D eigenvalue weighted by molar-refractivity contribution is 6.04. The van der Waals surface area contributed by atoms with Gasteiger partial charge in [-0.2, -0.15) is 26.3 Å². The molecule has 2 saturated heterocycles. The maximum atomic E-state index is 13.1. The maximum absolute atomic E-state index is 13.1. The van der Waals surface area contributed by atoms with Crippen LogP contribution in [0, 0.1) is 5.92 Å². The Bertz CT molecular complexity index is 1150. The van der Waals surface area contributed by atoms with E-state index in [-0.39, 0.29) is 41.8 Å². The fourth-order valence-electron chi connectivity index (χ4n) is 5.49. The molecular formula is C29H32F6N2O3. The van der Waals surface area contributed by atoms with E-state index in [0.717, 1.165) is 51.0 Å². The third-order valence-electron chi connectivity index (χ3n) is 7.84. The van der Waals surface area contributed by atoms with Crippen molar-refractivity contribution < 1.29 is 40.7 Å². The Balaban J connectivity index is 1.23. The molecule has 1 aliphatic carbocycles. The van der Waals surface area contributed by atoms with Crippen molar-refractivity contribution in [1.82, 2.24) is 10.6 Å². The molecule has 40 heavy (non-hydrogen) atoms. The molecular weight excluding hydrogens is 538 g/mol. The van der Waals surface area contributed by atoms with Crippen molar-refractivity contribution >= 4 is 17.5 Å². The molecule has 1 saturated carbocycles. The van der Waals surface area contributed by atoms with Crippen LogP contribution < -0.4 is 10.6 Å². The number of rotatable bonds is 9. The molecule has 3 unspecified atom stereocenters. The van der Waals surface area contributed by atoms with Crippen LogP contribution >= 0.6 is 0 Å². The third-order valence-corrected chi connectivity index (χ3v) is 7.84. The van der Waals surface area contributed by atoms with Crippen LogP contribution in [-0.2, 0) is 21.9 Å². The van der Waals surface area contributed by atoms with Crippen molar-refractivity contribution in [1.29, 1.82) is 0 Å². The molecule has 0 bridgehead atoms. The predicted molar refractivity (Wildman–Crippen MR) is 135 cm³/mol. The van der Waals surface area contributed by atoms with E-state index in [0.29, 0.717) is 31.4 Å². The minimum atomic E-state index is -5.01. The molecule has 3 fully saturated rings. The Morgan fingerprint density at radius 2 is 1.62 bits per heavy atom. The number of benzene rings is 1. The Hall–Kier alpha value is -2.95. The Morgan fingerprint density at radius 1 is 0.925 bits per heavy atom. The van der Waals surface area contributed by atoms with Gasteiger partial charge in [0, 0.05) is 18.0 Å². The van der Waals surface area contributed by atoms with Crippen LogP contribution in [0.4, 0.5) is 26.3 Å². The molecule has 2 N–H and O–H groups in total. The fraction of sp³-hybridized carbons (Fsp3) is 0.552. The van der Waals surface area contributed by atoms with Gasteiger partial charge in [-0.3, -0.25) is 14.4 Å². The summed E-state index contributed by atoms with van der Waals surface area (Å²) >= 11 is 0. The van der Waals surface area contributed by atoms with E-state index in [1.165, 1.54) is 11.6 Å². The highest BCUT2D eigenvalue weighted by Crippen LogP contribution is 2.36. The number of Topliss-reactive ketones (excluding diaryl/α,β-unsaturated/α-hetero) is 1. The van der Waals surface area contributed by atoms with E-state index in [4.69, 9.17) is 0 Å². The number of allylic oxidation sites excluding steroid dienone is 4. The number of amides is 1. The van der Waals surface area contributed by atoms with E-state index >= 15 is 0 Å². The summed E-state index contributed by atoms with van der Waals surface area (Å²) in [5.74, 6) is -0.659. The SMILES string of the molecule is O=C1CC[C@H](C(=O)C2NC2CC/C=C2/CCCC(C/C=C/C(=O)c3cc(C(F)(F)F)cc(C(F)(F)F)c3)CC2)N1. The van der Waals surface area contributed by atoms with Crippen LogP contribution in [0.1, 0.15) is 85.7 Å². The molecule has 0 aromatic heterocycles. The van der Waals surface area contributed by atoms with Crippen LogP contribution in [0.15, 0.2) is 42.0 Å². The van der Waals surface area contributed by atoms with Gasteiger partial charge in [-0.1, -0.05) is 17.7 Å². The first kappa shape index (κ1) is 30.0. The Labute approximate surface area is 228 Å². The summed E-state index contributed by atoms with van der Waals surface area (Å²) in [6.07, 6.45) is 2.49. The van der Waals surface area contributed by atoms with E-state index in [2.05, 4.69) is 16.7 Å². The molecule has 5 nitrogen and oxygen atoms in total. The standard InChI is InChI=1S/C29H32F6N2O3/c30-28(31,32)20-14-19(15-21(16-20)29(33,34)35)24(38)9-3-7-18-5-1-4-17(10-11-18)6-2-8-22-26(37-22)27(40)23-12-13-25(39)36-23/h3,6,9,14-16,18,22-23,26,37H,1-2,4-5,7-8,10-13H2,(H,36,39)/b9-3+,17-6-/t18?,22?,23-,26?/m1/s1. The average Bonchev–Trinajstić information content (AvgIpc) is 3.59. The van der Waals surface area contributed by atoms with Gasteiger partial charge in [-0.25, -0.2) is 0 Å². The predicted octanol–water partition coefficient (Wildman–Crippen LogP) is 6.33. The molecule has 11 heteroatoms. The molecule has 1 aromatic rings. The van der Waals surface area contributed by atoms with E-state index < -0.39 is 34.8 Å². The first-order valence-electron chi connectivity index (χ1n) is 13.6. The van der Waals surface area contributed by atoms with Crippen molar-refractivity contribution in [3.05, 3.63) is 58.7 Å². The summed E-state index contributed by atoms with van der Waals surface area (Å²) in [7, 11) is 0. The quantitative estimate of drug-likeness (QED) is 0.0908. The lowest BCUT2D eigenvalue weighted by molar-refractivity contribution is -0.143. The summed E-state index contributed by atoms with van der Waals surface area (Å²) in [6, 6.07) is 0.475. The monoisotopic (exact) mass is 570 g/mol. The molecule has 0 radical (unpaired) electrons. The number of carbonyl (C=O) groups is 3. The summed E-state index contributed by atoms with van der Waals surface area (Å²) in [6.45, 7) is 0. The third kappa shape index (κ3) is 8.05. The normalized spacial score (nSPS) is 26.6. The molecule has 2 heterocycles. The minimum Gasteiger partial charge on any atom is -0.346 e. The van der Waals surface area contributed by atoms with Crippen molar-refractivity contribution in [2.75, 3.05) is 0 Å². The summed E-state index contributed by atoms with van der Waals surface area (Å²) in [4.78, 5) is 36.2. The topological polar surface area (TPSA) is 85.2 Å². The second kappa shape index (κ2) is 12.3. The summed E-state index contributed by atoms with van der Waals surface area (Å²) in [5, 5.41) is 5.92. The fourth-order valence-corrected chi connectivity index (χ4v) is 5.49. The molecule has 3 aliphatic rings. The van der Waals surface area contributed by atoms with E-state index in [9.17, 15) is 40.7 Å². The number of hydrogen-bond donors (Lipinski definition) is 2. The van der Waals surface area contributed by atoms with Crippen LogP contribution in [0.5, 0.6) is 0 Å². The van der Waals surface area contributed by atoms with Crippen LogP contribution in [0.3, 0.4) is 0 Å². The largest absolute Gasteiger partial charge is 0.416 e. The zero-order valence-electron chi connectivity index (χ0n) is 21.8. The van der Waals surface area contributed by atoms with Gasteiger partial charge in [-0.05, 0) is 88.0 Å². The summed E-state index contributed by atoms with van der Waals surface area (Å²) in [5.41, 5.74) is -2.34. The molecule has 0 spiro atoms. The first-order chi connectivity index (χ1) is 18.8. The molecule has 218 valence electrons. The van der Waals surface area contributed by atoms with Gasteiger partial charge in [0.25, 0.3) is 0 Å². The van der Waals surface area contributed by atoms with Gasteiger partial charge in [0.1, 0.15) is 0 Å². The molecule has 4 atom stereocenters. The maximum Gasteiger partial charge on any atom is 0.416 e. The van der Waals surface area contributed by atoms with Gasteiger partial charge < -0.3 is 10.6 Å². The highest BCUT2D eigenvalue weighted by atomic mass is 19.4. The van der Waals surface area contributed by atoms with Crippen molar-refractivity contribution in [2.24, 2.45) is 5.92 Å². The Kier molecular flexibility index (Phi) is 9.22. The van der Waals surface area contributed by atoms with Gasteiger partial charge in [-0.15, -0.1) is 0 Å². The van der Waals surface area contributed by atoms with Gasteiger partial charge in [0.15, 0.2) is 11.6 Å². The number of nitrogens with one attached hydrogen (secondary N) is 2. The first-order valence-corrected chi connectivity index (χ1v) is 13.6. The van der Waals surface area contributed by atoms with Gasteiger partial charge in [0.2, 0.25) is 5.91 Å². The number of carbonyl (C=O) groups excluding carboxylic acids is 3. The van der Waals surface area contributed by atoms with E-state index in [1.807, 2.05) is 0 Å². The van der Waals surface area contributed by atoms with Crippen molar-refractivity contribution in [2.45, 2.75) is 94.7 Å². The second-order valence-corrected chi connectivity index (χ2v) is 10.8. The molecule has 1 amide bonds. The lowest BCUT2D eigenvalue weighted by Gasteiger charge is -2.13. The number of hydrogen-bond acceptors (Lipinski definition) is 4. The van der Waals surface area contributed by atoms with Gasteiger partial charge in [0.05, 0.1) is 23.2 Å². The zero-order valence-corrected chi connectivity index (χ0v) is 21.8. The lowest BCUT2D eigenvalue weighted by atomic mass is 9.95. The van der Waals surface area contributed by atoms with Crippen molar-refractivity contribution in [3.8, 4) is 0 Å². The van der Waals surface area contributed by atoms with Gasteiger partial charge >= 0.3 is 12.4 Å². The van der Waals surface area contributed by atoms with E-state index in [1.54, 1.807) is 0 Å². The minimum absolute atomic E-state index is 0.00724. The van der Waals surface area contributed by atoms with Crippen LogP contribution in [0.25, 0.3) is 0 Å².